The van der Waals surface area contributed by atoms with Crippen LogP contribution in [-0.2, 0) is 34.7 Å². The highest BCUT2D eigenvalue weighted by Crippen LogP contribution is 2.41. The first-order valence-corrected chi connectivity index (χ1v) is 17.3. The fourth-order valence-corrected chi connectivity index (χ4v) is 6.95. The van der Waals surface area contributed by atoms with Gasteiger partial charge in [0, 0.05) is 36.3 Å². The molecule has 2 atom stereocenters. The van der Waals surface area contributed by atoms with Gasteiger partial charge in [-0.15, -0.1) is 0 Å². The highest BCUT2D eigenvalue weighted by atomic mass is 16.3. The van der Waals surface area contributed by atoms with Crippen LogP contribution in [0.4, 0.5) is 0 Å². The number of nitrogens with zero attached hydrogens (tertiary/aromatic N) is 2. The predicted octanol–water partition coefficient (Wildman–Crippen LogP) is 9.94. The maximum Gasteiger partial charge on any atom is 0.123 e. The van der Waals surface area contributed by atoms with Gasteiger partial charge in [0.15, 0.2) is 0 Å². The van der Waals surface area contributed by atoms with Crippen molar-refractivity contribution in [3.05, 3.63) is 57.6 Å². The molecular formula is C40H66N2O2. The Hall–Kier alpha value is -2.04. The minimum Gasteiger partial charge on any atom is -0.507 e. The summed E-state index contributed by atoms with van der Waals surface area (Å²) in [6.07, 6.45) is 4.77. The van der Waals surface area contributed by atoms with Gasteiger partial charge < -0.3 is 10.2 Å². The number of likely N-dealkylation sites (N-methyl/N-ethyl adjacent to an activating group) is 2. The van der Waals surface area contributed by atoms with Crippen molar-refractivity contribution in [2.24, 2.45) is 0 Å². The third kappa shape index (κ3) is 8.40. The normalized spacial score (nSPS) is 18.8. The zero-order valence-corrected chi connectivity index (χ0v) is 30.9. The van der Waals surface area contributed by atoms with E-state index in [1.807, 2.05) is 0 Å². The van der Waals surface area contributed by atoms with Crippen LogP contribution in [0.5, 0.6) is 11.5 Å². The van der Waals surface area contributed by atoms with Gasteiger partial charge >= 0.3 is 0 Å². The molecular weight excluding hydrogens is 540 g/mol. The summed E-state index contributed by atoms with van der Waals surface area (Å²) >= 11 is 0. The zero-order valence-electron chi connectivity index (χ0n) is 30.9. The fraction of sp³-hybridized carbons (Fsp3) is 0.700. The Morgan fingerprint density at radius 3 is 1.11 bits per heavy atom. The monoisotopic (exact) mass is 607 g/mol. The Kier molecular flexibility index (Phi) is 11.1. The van der Waals surface area contributed by atoms with Gasteiger partial charge in [0.1, 0.15) is 11.5 Å². The second kappa shape index (κ2) is 13.4. The first-order valence-electron chi connectivity index (χ1n) is 17.3. The van der Waals surface area contributed by atoms with Gasteiger partial charge in [0.05, 0.1) is 0 Å². The van der Waals surface area contributed by atoms with Crippen LogP contribution in [-0.4, -0.2) is 45.2 Å². The van der Waals surface area contributed by atoms with Gasteiger partial charge in [-0.05, 0) is 69.8 Å². The third-order valence-electron chi connectivity index (χ3n) is 9.92. The van der Waals surface area contributed by atoms with Crippen LogP contribution in [0.25, 0.3) is 0 Å². The van der Waals surface area contributed by atoms with E-state index in [1.54, 1.807) is 0 Å². The summed E-state index contributed by atoms with van der Waals surface area (Å²) in [4.78, 5) is 5.23. The summed E-state index contributed by atoms with van der Waals surface area (Å²) in [6, 6.07) is 9.74. The molecule has 2 aromatic rings. The van der Waals surface area contributed by atoms with E-state index in [2.05, 4.69) is 131 Å². The predicted molar refractivity (Wildman–Crippen MR) is 189 cm³/mol. The SMILES string of the molecule is CCN(Cc1cc(C(C)(C)C)cc(C(C)(C)C)c1O)[C@@H]1CCCC[C@H]1N(CC)Cc1cc(C(C)(C)C)cc(C(C)(C)C)c1O. The highest BCUT2D eigenvalue weighted by molar-refractivity contribution is 5.50. The van der Waals surface area contributed by atoms with E-state index in [0.717, 1.165) is 61.3 Å². The molecule has 0 heterocycles. The van der Waals surface area contributed by atoms with Crippen LogP contribution in [0, 0.1) is 0 Å². The van der Waals surface area contributed by atoms with Crippen molar-refractivity contribution < 1.29 is 10.2 Å². The Bertz CT molecular complexity index is 1170. The van der Waals surface area contributed by atoms with E-state index in [4.69, 9.17) is 0 Å². The Balaban J connectivity index is 2.03. The standard InChI is InChI=1S/C40H66N2O2/c1-15-41(25-27-21-29(37(3,4)5)23-31(35(27)43)39(9,10)11)33-19-17-18-20-34(33)42(16-2)26-28-22-30(38(6,7)8)24-32(36(28)44)40(12,13)14/h21-24,33-34,43-44H,15-20,25-26H2,1-14H3/t33-,34-/m1/s1. The van der Waals surface area contributed by atoms with Crippen molar-refractivity contribution in [1.29, 1.82) is 0 Å². The Labute approximate surface area is 271 Å². The van der Waals surface area contributed by atoms with Crippen molar-refractivity contribution in [1.82, 2.24) is 9.80 Å². The van der Waals surface area contributed by atoms with Gasteiger partial charge in [-0.2, -0.15) is 0 Å². The van der Waals surface area contributed by atoms with Crippen molar-refractivity contribution in [2.75, 3.05) is 13.1 Å². The first kappa shape index (κ1) is 36.4. The maximum atomic E-state index is 11.6. The quantitative estimate of drug-likeness (QED) is 0.314. The Morgan fingerprint density at radius 1 is 0.545 bits per heavy atom. The van der Waals surface area contributed by atoms with E-state index in [9.17, 15) is 10.2 Å². The van der Waals surface area contributed by atoms with Crippen LogP contribution >= 0.6 is 0 Å². The molecule has 0 amide bonds. The molecule has 4 nitrogen and oxygen atoms in total. The van der Waals surface area contributed by atoms with Gasteiger partial charge in [0.2, 0.25) is 0 Å². The molecule has 1 aliphatic carbocycles. The number of rotatable bonds is 8. The molecule has 0 aromatic heterocycles. The van der Waals surface area contributed by atoms with Crippen molar-refractivity contribution in [3.8, 4) is 11.5 Å². The summed E-state index contributed by atoms with van der Waals surface area (Å²) in [6.45, 7) is 34.6. The topological polar surface area (TPSA) is 46.9 Å². The van der Waals surface area contributed by atoms with Gasteiger partial charge in [-0.25, -0.2) is 0 Å². The fourth-order valence-electron chi connectivity index (χ4n) is 6.95. The van der Waals surface area contributed by atoms with Crippen LogP contribution < -0.4 is 0 Å². The second-order valence-corrected chi connectivity index (χ2v) is 17.6. The molecule has 0 unspecified atom stereocenters. The number of hydrogen-bond donors (Lipinski definition) is 2. The molecule has 0 saturated heterocycles. The summed E-state index contributed by atoms with van der Waals surface area (Å²) in [5.41, 5.74) is 6.45. The smallest absolute Gasteiger partial charge is 0.123 e. The van der Waals surface area contributed by atoms with E-state index < -0.39 is 0 Å². The van der Waals surface area contributed by atoms with Crippen LogP contribution in [0.1, 0.15) is 156 Å². The molecule has 0 radical (unpaired) electrons. The molecule has 3 rings (SSSR count). The van der Waals surface area contributed by atoms with E-state index in [1.165, 1.54) is 24.0 Å². The minimum absolute atomic E-state index is 0.00137. The molecule has 2 N–H and O–H groups in total. The lowest BCUT2D eigenvalue weighted by Crippen LogP contribution is -2.53. The van der Waals surface area contributed by atoms with Crippen molar-refractivity contribution in [2.45, 2.75) is 169 Å². The molecule has 2 aromatic carbocycles. The van der Waals surface area contributed by atoms with Crippen molar-refractivity contribution in [3.63, 3.8) is 0 Å². The lowest BCUT2D eigenvalue weighted by molar-refractivity contribution is 0.0435. The highest BCUT2D eigenvalue weighted by Gasteiger charge is 2.35. The van der Waals surface area contributed by atoms with Crippen LogP contribution in [0.2, 0.25) is 0 Å². The molecule has 248 valence electrons. The van der Waals surface area contributed by atoms with Crippen molar-refractivity contribution >= 4 is 0 Å². The molecule has 1 saturated carbocycles. The van der Waals surface area contributed by atoms with E-state index in [-0.39, 0.29) is 21.7 Å². The lowest BCUT2D eigenvalue weighted by Gasteiger charge is -2.45. The average Bonchev–Trinajstić information content (AvgIpc) is 2.89. The molecule has 1 aliphatic rings. The lowest BCUT2D eigenvalue weighted by atomic mass is 9.78. The number of hydrogen-bond acceptors (Lipinski definition) is 4. The van der Waals surface area contributed by atoms with Gasteiger partial charge in [-0.3, -0.25) is 9.80 Å². The Morgan fingerprint density at radius 2 is 0.864 bits per heavy atom. The first-order chi connectivity index (χ1) is 20.1. The van der Waals surface area contributed by atoms with Gasteiger partial charge in [-0.1, -0.05) is 134 Å². The third-order valence-corrected chi connectivity index (χ3v) is 9.92. The molecule has 0 spiro atoms. The minimum atomic E-state index is -0.140. The molecule has 0 aliphatic heterocycles. The molecule has 1 fully saturated rings. The summed E-state index contributed by atoms with van der Waals surface area (Å²) < 4.78 is 0. The number of benzene rings is 2. The van der Waals surface area contributed by atoms with E-state index >= 15 is 0 Å². The van der Waals surface area contributed by atoms with Gasteiger partial charge in [0.25, 0.3) is 0 Å². The van der Waals surface area contributed by atoms with Crippen LogP contribution in [0.15, 0.2) is 24.3 Å². The number of phenols is 2. The summed E-state index contributed by atoms with van der Waals surface area (Å²) in [5.74, 6) is 0.921. The average molecular weight is 607 g/mol. The summed E-state index contributed by atoms with van der Waals surface area (Å²) in [7, 11) is 0. The maximum absolute atomic E-state index is 11.6. The van der Waals surface area contributed by atoms with Crippen LogP contribution in [0.3, 0.4) is 0 Å². The van der Waals surface area contributed by atoms with E-state index in [0.29, 0.717) is 23.6 Å². The number of phenolic OH excluding ortho intramolecular Hbond substituents is 2. The largest absolute Gasteiger partial charge is 0.507 e. The second-order valence-electron chi connectivity index (χ2n) is 17.6. The number of aromatic hydroxyl groups is 2. The molecule has 4 heteroatoms. The molecule has 0 bridgehead atoms. The zero-order chi connectivity index (χ0) is 33.4. The molecule has 44 heavy (non-hydrogen) atoms. The summed E-state index contributed by atoms with van der Waals surface area (Å²) in [5, 5.41) is 23.2.